The Labute approximate surface area is 707 Å². The van der Waals surface area contributed by atoms with Gasteiger partial charge in [-0.05, 0) is 167 Å². The van der Waals surface area contributed by atoms with Crippen LogP contribution in [0, 0.1) is 36.5 Å². The fourth-order valence-electron chi connectivity index (χ4n) is 7.89. The van der Waals surface area contributed by atoms with Crippen molar-refractivity contribution in [1.82, 2.24) is 4.98 Å². The number of rotatable bonds is 28. The molecule has 1 aliphatic rings. The molecule has 9 rings (SSSR count). The molecule has 1 fully saturated rings. The van der Waals surface area contributed by atoms with Crippen LogP contribution in [0.25, 0.3) is 11.5 Å². The van der Waals surface area contributed by atoms with Crippen molar-refractivity contribution in [2.75, 3.05) is 65.8 Å². The summed E-state index contributed by atoms with van der Waals surface area (Å²) in [7, 11) is 2.00. The number of hydrogen-bond acceptors (Lipinski definition) is 21. The van der Waals surface area contributed by atoms with Crippen LogP contribution in [0.4, 0.5) is 26.3 Å². The highest BCUT2D eigenvalue weighted by molar-refractivity contribution is 9.09. The summed E-state index contributed by atoms with van der Waals surface area (Å²) in [5, 5.41) is 59.7. The fourth-order valence-corrected chi connectivity index (χ4v) is 7.89. The molecule has 31 heteroatoms. The van der Waals surface area contributed by atoms with Crippen molar-refractivity contribution in [2.24, 2.45) is 35.3 Å². The second kappa shape index (κ2) is 70.8. The van der Waals surface area contributed by atoms with E-state index in [4.69, 9.17) is 64.1 Å². The third kappa shape index (κ3) is 56.8. The molecule has 0 saturated carbocycles. The van der Waals surface area contributed by atoms with Crippen LogP contribution < -0.4 is 43.6 Å². The number of aliphatic hydroxyl groups excluding tert-OH is 4. The number of oxazole rings is 1. The summed E-state index contributed by atoms with van der Waals surface area (Å²) in [4.78, 5) is 48.1. The Bertz CT molecular complexity index is 3820. The normalized spacial score (nSPS) is 10.3. The predicted molar refractivity (Wildman–Crippen MR) is 457 cm³/mol. The number of primary amides is 1. The van der Waals surface area contributed by atoms with Crippen molar-refractivity contribution in [3.63, 3.8) is 0 Å². The van der Waals surface area contributed by atoms with Crippen LogP contribution in [0.3, 0.4) is 0 Å². The number of phenols is 2. The number of nitrogens with zero attached hydrogens (tertiary/aromatic N) is 1. The molecule has 1 saturated heterocycles. The van der Waals surface area contributed by atoms with Crippen LogP contribution in [0.2, 0.25) is 0 Å². The number of halogens is 7. The number of carbonyl (C=O) groups is 4. The van der Waals surface area contributed by atoms with Crippen LogP contribution in [0.15, 0.2) is 162 Å². The highest BCUT2D eigenvalue weighted by atomic mass is 79.9. The number of Topliss-reactive ketones (excluding diaryl/α,β-unsaturated/α-hetero) is 2. The van der Waals surface area contributed by atoms with Crippen LogP contribution >= 0.6 is 15.9 Å². The molecule has 672 valence electrons. The largest absolute Gasteiger partial charge is 0.504 e. The lowest BCUT2D eigenvalue weighted by Crippen LogP contribution is -2.13. The van der Waals surface area contributed by atoms with E-state index >= 15 is 0 Å². The zero-order chi connectivity index (χ0) is 87.5. The van der Waals surface area contributed by atoms with E-state index in [0.29, 0.717) is 66.2 Å². The highest BCUT2D eigenvalue weighted by Crippen LogP contribution is 2.36. The second-order valence-electron chi connectivity index (χ2n) is 26.0. The summed E-state index contributed by atoms with van der Waals surface area (Å²) >= 11 is 3.31. The van der Waals surface area contributed by atoms with Gasteiger partial charge >= 0.3 is 25.8 Å². The third-order valence-corrected chi connectivity index (χ3v) is 14.6. The number of aryl methyl sites for hydroxylation is 1. The molecule has 1 aromatic heterocycles. The Morgan fingerprint density at radius 3 is 1.19 bits per heavy atom. The van der Waals surface area contributed by atoms with Crippen LogP contribution in [-0.2, 0) is 18.0 Å². The van der Waals surface area contributed by atoms with E-state index in [2.05, 4.69) is 68.0 Å². The van der Waals surface area contributed by atoms with Gasteiger partial charge in [-0.1, -0.05) is 174 Å². The molecule has 0 aliphatic carbocycles. The van der Waals surface area contributed by atoms with Gasteiger partial charge in [0.15, 0.2) is 69.1 Å². The predicted octanol–water partition coefficient (Wildman–Crippen LogP) is 19.8. The van der Waals surface area contributed by atoms with Crippen molar-refractivity contribution in [3.8, 4) is 68.9 Å². The number of benzene rings is 7. The van der Waals surface area contributed by atoms with Gasteiger partial charge in [0.25, 0.3) is 0 Å². The topological polar surface area (TPSA) is 377 Å². The molecule has 1 aliphatic heterocycles. The molecule has 119 heavy (non-hydrogen) atoms. The summed E-state index contributed by atoms with van der Waals surface area (Å²) in [6.45, 7) is 21.6. The number of aromatic carboxylic acids is 1. The SMILES string of the molecule is C.C.C.C1CCOC1.CC(=O)c1ccc(O)c(OCC(C)C)c1.CC(=O)c1ccc(OCc2ccccc2)c(O)c1.CC(C)CBr.CC(C)COc1cc(-c2nc(CO)co2)ccc1OC(F)F.CC(C)COc1cc(C(=O)O)ccc1OC(F)F.CC(C)COc1cc(C(N)=O)ccc1OC(F)F.CCO.CO.CO.Cc1ccccc1.O. The number of aromatic nitrogens is 1. The number of aliphatic hydroxyl groups is 4. The summed E-state index contributed by atoms with van der Waals surface area (Å²) in [5.74, 6) is 0.872. The number of carboxylic acids is 1. The molecular formula is C88H129BrF6N2O22. The molecule has 0 bridgehead atoms. The molecule has 0 spiro atoms. The van der Waals surface area contributed by atoms with Crippen molar-refractivity contribution >= 4 is 39.4 Å². The Kier molecular flexibility index (Phi) is 71.2. The monoisotopic (exact) mass is 1760 g/mol. The molecule has 7 aromatic carbocycles. The van der Waals surface area contributed by atoms with E-state index < -0.39 is 31.7 Å². The zero-order valence-electron chi connectivity index (χ0n) is 68.6. The molecule has 1 amide bonds. The van der Waals surface area contributed by atoms with Gasteiger partial charge in [-0.2, -0.15) is 26.3 Å². The fraction of sp³-hybridized carbons (Fsp3) is 0.443. The van der Waals surface area contributed by atoms with Crippen LogP contribution in [0.5, 0.6) is 57.5 Å². The number of phenolic OH excluding ortho intramolecular Hbond substituents is 2. The molecule has 8 aromatic rings. The highest BCUT2D eigenvalue weighted by Gasteiger charge is 2.19. The van der Waals surface area contributed by atoms with E-state index in [0.717, 1.165) is 50.3 Å². The number of carboxylic acid groups (broad SMARTS) is 1. The average Bonchev–Trinajstić information content (AvgIpc) is 1.81. The zero-order valence-corrected chi connectivity index (χ0v) is 70.2. The Hall–Kier alpha value is -10.2. The van der Waals surface area contributed by atoms with Gasteiger partial charge in [0.2, 0.25) is 11.8 Å². The number of carbonyl (C=O) groups excluding carboxylic acids is 3. The molecule has 0 unspecified atom stereocenters. The number of amides is 1. The first-order valence-electron chi connectivity index (χ1n) is 36.4. The Morgan fingerprint density at radius 2 is 0.849 bits per heavy atom. The van der Waals surface area contributed by atoms with E-state index in [9.17, 15) is 55.7 Å². The van der Waals surface area contributed by atoms with Crippen molar-refractivity contribution in [1.29, 1.82) is 0 Å². The molecule has 24 nitrogen and oxygen atoms in total. The lowest BCUT2D eigenvalue weighted by Gasteiger charge is -2.14. The number of ether oxygens (including phenoxy) is 9. The van der Waals surface area contributed by atoms with Gasteiger partial charge in [-0.25, -0.2) is 9.78 Å². The van der Waals surface area contributed by atoms with Gasteiger partial charge in [0.05, 0.1) is 38.6 Å². The van der Waals surface area contributed by atoms with Crippen molar-refractivity contribution in [3.05, 3.63) is 197 Å². The minimum absolute atomic E-state index is 0. The molecule has 0 radical (unpaired) electrons. The summed E-state index contributed by atoms with van der Waals surface area (Å²) < 4.78 is 124. The van der Waals surface area contributed by atoms with Gasteiger partial charge in [-0.15, -0.1) is 0 Å². The summed E-state index contributed by atoms with van der Waals surface area (Å²) in [6, 6.07) is 41.0. The summed E-state index contributed by atoms with van der Waals surface area (Å²) in [5.41, 5.74) is 9.52. The number of aromatic hydroxyl groups is 2. The standard InChI is InChI=1S/C15H17F2NO4.C15H14O3.C12H15F2NO3.C12H14F2O4.C12H16O3.C7H8.C4H9Br.C4H8O.C2H6O.2CH4O.3CH4.H2O/c1-9(2)7-20-13-5-10(3-4-12(13)22-15(16)17)14-18-11(6-19)8-21-14;1-11(16)13-7-8-15(14(17)9-13)18-10-12-5-3-2-4-6-12;2*1-7(2)6-17-10-5-8(11(15)16)3-4-9(10)18-12(13)14;1-8(2)7-15-12-6-10(9(3)13)4-5-11(12)14;1-7-5-3-2-4-6-7;1-4(2)3-5;1-2-4-5-3-1;1-2-3;2*1-2;;;;/h3-5,8-9,15,19H,6-7H2,1-2H3;2-9,17H,10H2,1H3;3-5,7,12H,6H2,1-2H3,(H2,15,16);3-5,7,12H,6H2,1-2H3,(H,15,16);4-6,8,14H,7H2,1-3H3;2-6H,1H3;4H,3H2,1-2H3;1-4H2;3H,2H2,1H3;2*2H,1H3;3*1H4;1H2. The lowest BCUT2D eigenvalue weighted by molar-refractivity contribution is -0.0522. The van der Waals surface area contributed by atoms with Gasteiger partial charge in [0, 0.05) is 61.6 Å². The smallest absolute Gasteiger partial charge is 0.387 e. The molecular weight excluding hydrogens is 1630 g/mol. The van der Waals surface area contributed by atoms with E-state index in [1.165, 1.54) is 99.2 Å². The van der Waals surface area contributed by atoms with Gasteiger partial charge < -0.3 is 94.0 Å². The first-order valence-corrected chi connectivity index (χ1v) is 37.5. The van der Waals surface area contributed by atoms with Gasteiger partial charge in [-0.3, -0.25) is 14.4 Å². The number of nitrogens with two attached hydrogens (primary N) is 1. The van der Waals surface area contributed by atoms with E-state index in [1.807, 2.05) is 104 Å². The number of hydrogen-bond donors (Lipinski definition) is 8. The minimum Gasteiger partial charge on any atom is -0.504 e. The van der Waals surface area contributed by atoms with Crippen molar-refractivity contribution < 1.29 is 134 Å². The van der Waals surface area contributed by atoms with E-state index in [1.54, 1.807) is 31.2 Å². The quantitative estimate of drug-likeness (QED) is 0.0128. The average molecular weight is 1760 g/mol. The maximum absolute atomic E-state index is 12.4. The third-order valence-electron chi connectivity index (χ3n) is 13.3. The van der Waals surface area contributed by atoms with Crippen LogP contribution in [-0.4, -0.2) is 155 Å². The first-order chi connectivity index (χ1) is 54.5. The summed E-state index contributed by atoms with van der Waals surface area (Å²) in [6.07, 6.45) is 3.88. The number of alkyl halides is 7. The molecule has 0 atom stereocenters. The maximum atomic E-state index is 12.4. The van der Waals surface area contributed by atoms with Crippen molar-refractivity contribution in [2.45, 2.75) is 165 Å². The number of ketones is 2. The first kappa shape index (κ1) is 120. The molecule has 11 N–H and O–H groups in total. The van der Waals surface area contributed by atoms with Gasteiger partial charge in [0.1, 0.15) is 18.6 Å². The van der Waals surface area contributed by atoms with E-state index in [-0.39, 0.29) is 140 Å². The minimum atomic E-state index is -2.98. The lowest BCUT2D eigenvalue weighted by atomic mass is 10.1. The second-order valence-corrected chi connectivity index (χ2v) is 26.6. The molecule has 2 heterocycles. The van der Waals surface area contributed by atoms with Crippen LogP contribution in [0.1, 0.15) is 183 Å². The Morgan fingerprint density at radius 1 is 0.487 bits per heavy atom. The Balaban J connectivity index is -0.000000311. The maximum Gasteiger partial charge on any atom is 0.387 e.